The van der Waals surface area contributed by atoms with Crippen LogP contribution in [0.2, 0.25) is 0 Å². The van der Waals surface area contributed by atoms with E-state index in [2.05, 4.69) is 34.3 Å². The summed E-state index contributed by atoms with van der Waals surface area (Å²) < 4.78 is 13.3. The fourth-order valence-corrected chi connectivity index (χ4v) is 7.35. The SMILES string of the molecule is NC1=NC(C2c3cccc4c3C(=CC2Cl)COC4)=IC(Oc2cccc(CCO)c2)=N1. The molecule has 2 aromatic rings. The minimum atomic E-state index is -0.795. The summed E-state index contributed by atoms with van der Waals surface area (Å²) in [5, 5.41) is 8.95. The Kier molecular flexibility index (Phi) is 5.92. The number of aliphatic hydroxyl groups excluding tert-OH is 1. The van der Waals surface area contributed by atoms with Crippen molar-refractivity contribution < 1.29 is 14.6 Å². The molecule has 2 atom stereocenters. The van der Waals surface area contributed by atoms with E-state index in [1.165, 1.54) is 16.7 Å². The van der Waals surface area contributed by atoms with Crippen LogP contribution in [0.15, 0.2) is 58.5 Å². The summed E-state index contributed by atoms with van der Waals surface area (Å²) >= 11 is 6.06. The second kappa shape index (κ2) is 8.82. The van der Waals surface area contributed by atoms with Gasteiger partial charge in [0.05, 0.1) is 28.1 Å². The molecule has 0 radical (unpaired) electrons. The Balaban J connectivity index is 1.49. The summed E-state index contributed by atoms with van der Waals surface area (Å²) in [5.74, 6) is 0.801. The first-order chi connectivity index (χ1) is 15.1. The lowest BCUT2D eigenvalue weighted by Crippen LogP contribution is -2.30. The van der Waals surface area contributed by atoms with E-state index in [-0.39, 0.29) is 23.9 Å². The molecule has 1 aliphatic carbocycles. The van der Waals surface area contributed by atoms with E-state index in [4.69, 9.17) is 26.8 Å². The van der Waals surface area contributed by atoms with Crippen LogP contribution in [-0.4, -0.2) is 37.2 Å². The number of hydrogen-bond acceptors (Lipinski definition) is 6. The number of allylic oxidation sites excluding steroid dienone is 1. The predicted molar refractivity (Wildman–Crippen MR) is 132 cm³/mol. The molecular formula is C23H21ClIN3O3. The molecule has 31 heavy (non-hydrogen) atoms. The van der Waals surface area contributed by atoms with Gasteiger partial charge < -0.3 is 20.3 Å². The van der Waals surface area contributed by atoms with Crippen molar-refractivity contribution in [3.05, 3.63) is 70.8 Å². The van der Waals surface area contributed by atoms with Crippen LogP contribution >= 0.6 is 32.3 Å². The molecule has 0 bridgehead atoms. The van der Waals surface area contributed by atoms with Gasteiger partial charge in [-0.3, -0.25) is 0 Å². The average molecular weight is 550 g/mol. The van der Waals surface area contributed by atoms with E-state index in [0.29, 0.717) is 29.3 Å². The van der Waals surface area contributed by atoms with Gasteiger partial charge in [0, 0.05) is 27.3 Å². The van der Waals surface area contributed by atoms with Crippen molar-refractivity contribution in [3.63, 3.8) is 0 Å². The number of nitrogens with zero attached hydrogens (tertiary/aromatic N) is 2. The van der Waals surface area contributed by atoms with Crippen LogP contribution in [0.1, 0.15) is 28.2 Å². The number of aliphatic hydroxyl groups is 1. The molecule has 8 heteroatoms. The minimum absolute atomic E-state index is 0.0698. The Morgan fingerprint density at radius 1 is 1.19 bits per heavy atom. The van der Waals surface area contributed by atoms with E-state index < -0.39 is 20.7 Å². The summed E-state index contributed by atoms with van der Waals surface area (Å²) in [4.78, 5) is 8.97. The smallest absolute Gasteiger partial charge is 0.256 e. The van der Waals surface area contributed by atoms with Gasteiger partial charge >= 0.3 is 0 Å². The fourth-order valence-electron chi connectivity index (χ4n) is 4.10. The molecule has 5 rings (SSSR count). The number of nitrogens with two attached hydrogens (primary N) is 1. The highest BCUT2D eigenvalue weighted by Crippen LogP contribution is 2.43. The number of alkyl halides is 1. The van der Waals surface area contributed by atoms with Crippen molar-refractivity contribution in [2.75, 3.05) is 13.2 Å². The third-order valence-corrected chi connectivity index (χ3v) is 8.16. The number of hydrogen-bond donors (Lipinski definition) is 2. The van der Waals surface area contributed by atoms with Gasteiger partial charge in [-0.2, -0.15) is 4.99 Å². The van der Waals surface area contributed by atoms with Crippen molar-refractivity contribution in [1.29, 1.82) is 0 Å². The zero-order valence-electron chi connectivity index (χ0n) is 16.6. The van der Waals surface area contributed by atoms with Crippen molar-refractivity contribution >= 4 is 51.4 Å². The van der Waals surface area contributed by atoms with Gasteiger partial charge in [-0.25, -0.2) is 4.99 Å². The average Bonchev–Trinajstić information content (AvgIpc) is 2.74. The van der Waals surface area contributed by atoms with Gasteiger partial charge in [0.25, 0.3) is 3.90 Å². The van der Waals surface area contributed by atoms with Gasteiger partial charge in [-0.1, -0.05) is 36.4 Å². The van der Waals surface area contributed by atoms with Crippen LogP contribution < -0.4 is 10.5 Å². The van der Waals surface area contributed by atoms with Crippen LogP contribution in [0.25, 0.3) is 5.57 Å². The minimum Gasteiger partial charge on any atom is -0.434 e. The summed E-state index contributed by atoms with van der Waals surface area (Å²) in [6.07, 6.45) is 2.66. The second-order valence-electron chi connectivity index (χ2n) is 7.46. The molecule has 2 heterocycles. The first-order valence-electron chi connectivity index (χ1n) is 9.99. The number of ether oxygens (including phenoxy) is 2. The van der Waals surface area contributed by atoms with Crippen LogP contribution in [0.4, 0.5) is 0 Å². The first-order valence-corrected chi connectivity index (χ1v) is 12.6. The lowest BCUT2D eigenvalue weighted by molar-refractivity contribution is 0.145. The molecule has 0 fully saturated rings. The highest BCUT2D eigenvalue weighted by Gasteiger charge is 2.35. The van der Waals surface area contributed by atoms with Gasteiger partial charge in [0.15, 0.2) is 0 Å². The Labute approximate surface area is 195 Å². The zero-order chi connectivity index (χ0) is 21.4. The molecule has 0 aromatic heterocycles. The van der Waals surface area contributed by atoms with Crippen LogP contribution in [0.3, 0.4) is 0 Å². The Morgan fingerprint density at radius 2 is 2.06 bits per heavy atom. The molecule has 3 N–H and O–H groups in total. The number of guanidine groups is 1. The first kappa shape index (κ1) is 20.8. The molecule has 160 valence electrons. The summed E-state index contributed by atoms with van der Waals surface area (Å²) in [6.45, 7) is 1.28. The van der Waals surface area contributed by atoms with Crippen molar-refractivity contribution in [2.24, 2.45) is 15.7 Å². The number of aliphatic imine (C=N–C) groups is 2. The molecule has 2 aromatic carbocycles. The van der Waals surface area contributed by atoms with Crippen molar-refractivity contribution in [2.45, 2.75) is 24.3 Å². The molecule has 0 saturated heterocycles. The topological polar surface area (TPSA) is 89.4 Å². The highest BCUT2D eigenvalue weighted by molar-refractivity contribution is 14.2. The number of rotatable bonds is 4. The maximum atomic E-state index is 9.19. The van der Waals surface area contributed by atoms with E-state index >= 15 is 0 Å². The molecule has 6 nitrogen and oxygen atoms in total. The Bertz CT molecular complexity index is 1160. The highest BCUT2D eigenvalue weighted by atomic mass is 127. The molecule has 2 unspecified atom stereocenters. The largest absolute Gasteiger partial charge is 0.434 e. The predicted octanol–water partition coefficient (Wildman–Crippen LogP) is 3.70. The standard InChI is InChI=1S/C23H21ClIN3O3/c24-18-10-15-12-30-11-14-4-2-6-17(19(14)15)20(18)21-25-22(28-23(26)27-21)31-16-5-1-3-13(9-16)7-8-29/h1-6,9-10,18,20,29H,7-8,11-12H2,(H2,26,27,28). The lowest BCUT2D eigenvalue weighted by Gasteiger charge is -2.33. The maximum absolute atomic E-state index is 9.19. The molecular weight excluding hydrogens is 529 g/mol. The van der Waals surface area contributed by atoms with Crippen molar-refractivity contribution in [1.82, 2.24) is 0 Å². The quantitative estimate of drug-likeness (QED) is 0.450. The van der Waals surface area contributed by atoms with Gasteiger partial charge in [0.2, 0.25) is 5.96 Å². The van der Waals surface area contributed by atoms with Crippen LogP contribution in [-0.2, 0) is 17.8 Å². The number of benzene rings is 2. The Hall–Kier alpha value is -2.07. The van der Waals surface area contributed by atoms with Crippen LogP contribution in [0.5, 0.6) is 5.75 Å². The zero-order valence-corrected chi connectivity index (χ0v) is 19.5. The molecule has 0 spiro atoms. The van der Waals surface area contributed by atoms with E-state index in [0.717, 1.165) is 14.8 Å². The van der Waals surface area contributed by atoms with Crippen molar-refractivity contribution in [3.8, 4) is 5.75 Å². The van der Waals surface area contributed by atoms with Crippen LogP contribution in [0, 0.1) is 0 Å². The van der Waals surface area contributed by atoms with Gasteiger partial charge in [-0.15, -0.1) is 11.6 Å². The van der Waals surface area contributed by atoms with Gasteiger partial charge in [0.1, 0.15) is 5.75 Å². The van der Waals surface area contributed by atoms with E-state index in [9.17, 15) is 5.11 Å². The van der Waals surface area contributed by atoms with E-state index in [1.807, 2.05) is 24.3 Å². The summed E-state index contributed by atoms with van der Waals surface area (Å²) in [5.41, 5.74) is 11.8. The summed E-state index contributed by atoms with van der Waals surface area (Å²) in [6, 6.07) is 13.9. The fraction of sp³-hybridized carbons (Fsp3) is 0.261. The molecule has 3 aliphatic rings. The normalized spacial score (nSPS) is 22.3. The molecule has 0 saturated carbocycles. The number of halogens is 2. The monoisotopic (exact) mass is 549 g/mol. The maximum Gasteiger partial charge on any atom is 0.256 e. The Morgan fingerprint density at radius 3 is 2.94 bits per heavy atom. The van der Waals surface area contributed by atoms with Gasteiger partial charge in [-0.05, 0) is 46.4 Å². The molecule has 2 aliphatic heterocycles. The third kappa shape index (κ3) is 4.19. The third-order valence-electron chi connectivity index (χ3n) is 5.39. The second-order valence-corrected chi connectivity index (χ2v) is 10.5. The lowest BCUT2D eigenvalue weighted by atomic mass is 9.80. The molecule has 0 amide bonds. The summed E-state index contributed by atoms with van der Waals surface area (Å²) in [7, 11) is 0. The van der Waals surface area contributed by atoms with E-state index in [1.54, 1.807) is 0 Å².